The number of rotatable bonds is 6. The van der Waals surface area contributed by atoms with Crippen LogP contribution in [0.4, 0.5) is 5.69 Å². The Bertz CT molecular complexity index is 1370. The number of carbonyl (C=O) groups is 3. The third-order valence-electron chi connectivity index (χ3n) is 5.12. The van der Waals surface area contributed by atoms with E-state index in [4.69, 9.17) is 13.9 Å². The lowest BCUT2D eigenvalue weighted by molar-refractivity contribution is 0.0599. The summed E-state index contributed by atoms with van der Waals surface area (Å²) in [6, 6.07) is 18.5. The van der Waals surface area contributed by atoms with Crippen LogP contribution in [0.25, 0.3) is 22.9 Å². The maximum Gasteiger partial charge on any atom is 0.337 e. The molecule has 1 aromatic heterocycles. The van der Waals surface area contributed by atoms with E-state index in [0.717, 1.165) is 11.1 Å². The smallest absolute Gasteiger partial charge is 0.337 e. The topological polar surface area (TPSA) is 121 Å². The van der Waals surface area contributed by atoms with E-state index < -0.39 is 17.8 Å². The monoisotopic (exact) mass is 471 g/mol. The Kier molecular flexibility index (Phi) is 6.68. The van der Waals surface area contributed by atoms with Gasteiger partial charge >= 0.3 is 11.9 Å². The van der Waals surface area contributed by atoms with E-state index in [1.807, 2.05) is 31.2 Å². The molecule has 1 N–H and O–H groups in total. The lowest BCUT2D eigenvalue weighted by Crippen LogP contribution is -2.14. The van der Waals surface area contributed by atoms with E-state index in [9.17, 15) is 14.4 Å². The van der Waals surface area contributed by atoms with Gasteiger partial charge in [-0.25, -0.2) is 9.59 Å². The highest BCUT2D eigenvalue weighted by Crippen LogP contribution is 2.25. The van der Waals surface area contributed by atoms with Crippen LogP contribution in [0, 0.1) is 6.92 Å². The Labute approximate surface area is 200 Å². The number of aryl methyl sites for hydroxylation is 1. The number of anilines is 1. The van der Waals surface area contributed by atoms with E-state index in [2.05, 4.69) is 15.5 Å². The van der Waals surface area contributed by atoms with E-state index in [1.165, 1.54) is 32.4 Å². The van der Waals surface area contributed by atoms with E-state index in [1.54, 1.807) is 24.3 Å². The molecule has 9 nitrogen and oxygen atoms in total. The van der Waals surface area contributed by atoms with Gasteiger partial charge in [-0.3, -0.25) is 4.79 Å². The van der Waals surface area contributed by atoms with Crippen molar-refractivity contribution in [2.45, 2.75) is 6.92 Å². The number of hydrogen-bond donors (Lipinski definition) is 1. The molecule has 0 aliphatic heterocycles. The second kappa shape index (κ2) is 10.0. The molecule has 9 heteroatoms. The summed E-state index contributed by atoms with van der Waals surface area (Å²) in [5.74, 6) is -1.03. The molecule has 4 aromatic rings. The normalized spacial score (nSPS) is 10.5. The molecule has 3 aromatic carbocycles. The Hall–Kier alpha value is -4.79. The molecule has 0 atom stereocenters. The highest BCUT2D eigenvalue weighted by atomic mass is 16.5. The van der Waals surface area contributed by atoms with Gasteiger partial charge in [0.05, 0.1) is 25.3 Å². The zero-order valence-electron chi connectivity index (χ0n) is 19.2. The number of methoxy groups -OCH3 is 2. The van der Waals surface area contributed by atoms with E-state index in [-0.39, 0.29) is 16.8 Å². The maximum absolute atomic E-state index is 12.8. The van der Waals surface area contributed by atoms with Crippen LogP contribution in [0.5, 0.6) is 0 Å². The summed E-state index contributed by atoms with van der Waals surface area (Å²) in [5.41, 5.74) is 3.32. The fourth-order valence-corrected chi connectivity index (χ4v) is 3.37. The molecule has 0 unspecified atom stereocenters. The first-order valence-corrected chi connectivity index (χ1v) is 10.5. The number of hydrogen-bond acceptors (Lipinski definition) is 8. The first-order valence-electron chi connectivity index (χ1n) is 10.5. The Balaban J connectivity index is 1.53. The average Bonchev–Trinajstić information content (AvgIpc) is 3.38. The van der Waals surface area contributed by atoms with Crippen molar-refractivity contribution in [3.8, 4) is 22.9 Å². The molecule has 4 rings (SSSR count). The van der Waals surface area contributed by atoms with Crippen molar-refractivity contribution >= 4 is 23.5 Å². The van der Waals surface area contributed by atoms with E-state index >= 15 is 0 Å². The zero-order chi connectivity index (χ0) is 24.9. The number of carbonyl (C=O) groups excluding carboxylic acids is 3. The fourth-order valence-electron chi connectivity index (χ4n) is 3.37. The number of aromatic nitrogens is 2. The second-order valence-corrected chi connectivity index (χ2v) is 7.60. The molecule has 176 valence electrons. The molecule has 0 aliphatic carbocycles. The zero-order valence-corrected chi connectivity index (χ0v) is 19.2. The highest BCUT2D eigenvalue weighted by molar-refractivity contribution is 6.06. The first kappa shape index (κ1) is 23.4. The van der Waals surface area contributed by atoms with Gasteiger partial charge in [-0.1, -0.05) is 17.7 Å². The predicted molar refractivity (Wildman–Crippen MR) is 127 cm³/mol. The van der Waals surface area contributed by atoms with Crippen LogP contribution >= 0.6 is 0 Å². The van der Waals surface area contributed by atoms with Crippen LogP contribution in [-0.4, -0.2) is 42.3 Å². The Morgan fingerprint density at radius 1 is 0.743 bits per heavy atom. The molecule has 0 bridgehead atoms. The van der Waals surface area contributed by atoms with Gasteiger partial charge in [-0.2, -0.15) is 0 Å². The molecule has 0 fully saturated rings. The summed E-state index contributed by atoms with van der Waals surface area (Å²) in [6.45, 7) is 1.98. The third-order valence-corrected chi connectivity index (χ3v) is 5.12. The predicted octanol–water partition coefficient (Wildman–Crippen LogP) is 4.54. The van der Waals surface area contributed by atoms with Crippen LogP contribution in [0.15, 0.2) is 71.1 Å². The second-order valence-electron chi connectivity index (χ2n) is 7.60. The third kappa shape index (κ3) is 5.25. The number of esters is 2. The molecule has 35 heavy (non-hydrogen) atoms. The average molecular weight is 471 g/mol. The van der Waals surface area contributed by atoms with Crippen molar-refractivity contribution in [1.82, 2.24) is 10.2 Å². The largest absolute Gasteiger partial charge is 0.465 e. The molecule has 0 saturated heterocycles. The number of benzene rings is 3. The molecular weight excluding hydrogens is 450 g/mol. The van der Waals surface area contributed by atoms with Crippen LogP contribution in [0.1, 0.15) is 36.6 Å². The van der Waals surface area contributed by atoms with Crippen molar-refractivity contribution in [1.29, 1.82) is 0 Å². The van der Waals surface area contributed by atoms with Gasteiger partial charge in [-0.15, -0.1) is 10.2 Å². The summed E-state index contributed by atoms with van der Waals surface area (Å²) >= 11 is 0. The van der Waals surface area contributed by atoms with Crippen LogP contribution in [0.2, 0.25) is 0 Å². The summed E-state index contributed by atoms with van der Waals surface area (Å²) in [6.07, 6.45) is 0. The molecular formula is C26H21N3O6. The molecule has 0 saturated carbocycles. The molecule has 1 amide bonds. The van der Waals surface area contributed by atoms with Crippen molar-refractivity contribution < 1.29 is 28.3 Å². The molecule has 0 radical (unpaired) electrons. The van der Waals surface area contributed by atoms with Crippen molar-refractivity contribution in [3.05, 3.63) is 89.0 Å². The number of ether oxygens (including phenoxy) is 2. The Morgan fingerprint density at radius 3 is 1.91 bits per heavy atom. The highest BCUT2D eigenvalue weighted by Gasteiger charge is 2.16. The quantitative estimate of drug-likeness (QED) is 0.407. The van der Waals surface area contributed by atoms with E-state index in [0.29, 0.717) is 22.9 Å². The van der Waals surface area contributed by atoms with Gasteiger partial charge in [-0.05, 0) is 61.5 Å². The summed E-state index contributed by atoms with van der Waals surface area (Å²) in [7, 11) is 2.44. The van der Waals surface area contributed by atoms with Crippen molar-refractivity contribution in [2.75, 3.05) is 19.5 Å². The lowest BCUT2D eigenvalue weighted by atomic mass is 10.1. The lowest BCUT2D eigenvalue weighted by Gasteiger charge is -2.10. The standard InChI is InChI=1S/C26H21N3O6/c1-15-5-4-6-18(11-15)24-29-28-23(35-24)17-9-7-16(8-10-17)22(30)27-21-13-19(25(31)33-2)12-20(14-21)26(32)34-3/h4-14H,1-3H3,(H,27,30). The van der Waals surface area contributed by atoms with Gasteiger partial charge in [0.25, 0.3) is 5.91 Å². The number of nitrogens with zero attached hydrogens (tertiary/aromatic N) is 2. The summed E-state index contributed by atoms with van der Waals surface area (Å²) in [5, 5.41) is 10.9. The summed E-state index contributed by atoms with van der Waals surface area (Å²) in [4.78, 5) is 36.7. The first-order chi connectivity index (χ1) is 16.9. The minimum absolute atomic E-state index is 0.0989. The van der Waals surface area contributed by atoms with Crippen molar-refractivity contribution in [2.24, 2.45) is 0 Å². The fraction of sp³-hybridized carbons (Fsp3) is 0.115. The Morgan fingerprint density at radius 2 is 1.34 bits per heavy atom. The minimum atomic E-state index is -0.653. The minimum Gasteiger partial charge on any atom is -0.465 e. The van der Waals surface area contributed by atoms with Gasteiger partial charge in [0.2, 0.25) is 11.8 Å². The van der Waals surface area contributed by atoms with Gasteiger partial charge in [0.1, 0.15) is 0 Å². The maximum atomic E-state index is 12.8. The van der Waals surface area contributed by atoms with Crippen LogP contribution < -0.4 is 5.32 Å². The van der Waals surface area contributed by atoms with Gasteiger partial charge in [0.15, 0.2) is 0 Å². The number of amides is 1. The van der Waals surface area contributed by atoms with Crippen molar-refractivity contribution in [3.63, 3.8) is 0 Å². The molecule has 0 spiro atoms. The SMILES string of the molecule is COC(=O)c1cc(NC(=O)c2ccc(-c3nnc(-c4cccc(C)c4)o3)cc2)cc(C(=O)OC)c1. The molecule has 1 heterocycles. The molecule has 0 aliphatic rings. The van der Waals surface area contributed by atoms with Crippen LogP contribution in [0.3, 0.4) is 0 Å². The van der Waals surface area contributed by atoms with Crippen LogP contribution in [-0.2, 0) is 9.47 Å². The number of nitrogens with one attached hydrogen (secondary N) is 1. The van der Waals surface area contributed by atoms with Gasteiger partial charge < -0.3 is 19.2 Å². The summed E-state index contributed by atoms with van der Waals surface area (Å²) < 4.78 is 15.2. The van der Waals surface area contributed by atoms with Gasteiger partial charge in [0, 0.05) is 22.4 Å².